The fraction of sp³-hybridized carbons (Fsp3) is 0.667. The van der Waals surface area contributed by atoms with Gasteiger partial charge in [0.05, 0.1) is 6.61 Å². The minimum absolute atomic E-state index is 0.130. The molecule has 0 amide bonds. The molecule has 1 aromatic rings. The normalized spacial score (nSPS) is 37.1. The lowest BCUT2D eigenvalue weighted by molar-refractivity contribution is -0.276. The molecule has 3 rings (SSSR count). The maximum Gasteiger partial charge on any atom is 0.351 e. The van der Waals surface area contributed by atoms with Gasteiger partial charge in [-0.2, -0.15) is 4.98 Å². The van der Waals surface area contributed by atoms with E-state index in [1.807, 2.05) is 0 Å². The van der Waals surface area contributed by atoms with Crippen molar-refractivity contribution in [3.8, 4) is 0 Å². The van der Waals surface area contributed by atoms with Gasteiger partial charge in [0, 0.05) is 6.20 Å². The van der Waals surface area contributed by atoms with E-state index in [4.69, 9.17) is 15.2 Å². The number of rotatable bonds is 8. The molecule has 0 spiro atoms. The third kappa shape index (κ3) is 6.39. The number of ketones is 1. The molecule has 6 N–H and O–H groups in total. The fourth-order valence-electron chi connectivity index (χ4n) is 3.17. The minimum Gasteiger partial charge on any atom is -0.756 e. The molecule has 0 aromatic carbocycles. The van der Waals surface area contributed by atoms with Gasteiger partial charge in [-0.3, -0.25) is 23.0 Å². The van der Waals surface area contributed by atoms with Crippen LogP contribution in [0.4, 0.5) is 5.82 Å². The third-order valence-corrected chi connectivity index (χ3v) is 7.46. The Morgan fingerprint density at radius 1 is 1.11 bits per heavy atom. The number of aliphatic hydroxyl groups excluding tert-OH is 4. The molecule has 3 heterocycles. The third-order valence-electron chi connectivity index (χ3n) is 4.93. The van der Waals surface area contributed by atoms with E-state index in [2.05, 4.69) is 18.3 Å². The van der Waals surface area contributed by atoms with E-state index in [1.165, 1.54) is 6.07 Å². The number of nitrogen functional groups attached to an aromatic ring is 1. The number of anilines is 1. The SMILES string of the molecule is C[C@H]1O[C@H](OP(=O)([O-])OP(=O)([O-])OC[C@H]2O[C@@H](n3ccc(N)nc3=O)[C@H](O)[C@@H]2O)[C@H](O)[C@H](O)C1=O. The van der Waals surface area contributed by atoms with E-state index in [1.54, 1.807) is 0 Å². The fourth-order valence-corrected chi connectivity index (χ4v) is 5.25. The molecule has 20 heteroatoms. The highest BCUT2D eigenvalue weighted by Gasteiger charge is 2.46. The van der Waals surface area contributed by atoms with Crippen LogP contribution in [0, 0.1) is 0 Å². The van der Waals surface area contributed by atoms with Crippen molar-refractivity contribution in [1.29, 1.82) is 0 Å². The van der Waals surface area contributed by atoms with Gasteiger partial charge in [0.1, 0.15) is 42.4 Å². The molecular formula is C15H21N3O15P2-2. The number of nitrogens with two attached hydrogens (primary N) is 1. The van der Waals surface area contributed by atoms with Gasteiger partial charge in [0.2, 0.25) is 0 Å². The van der Waals surface area contributed by atoms with Crippen LogP contribution in [-0.4, -0.2) is 85.3 Å². The van der Waals surface area contributed by atoms with Crippen LogP contribution >= 0.6 is 15.6 Å². The highest BCUT2D eigenvalue weighted by molar-refractivity contribution is 7.59. The highest BCUT2D eigenvalue weighted by Crippen LogP contribution is 2.56. The average molecular weight is 545 g/mol. The molecule has 1 aromatic heterocycles. The zero-order valence-electron chi connectivity index (χ0n) is 17.6. The maximum absolute atomic E-state index is 12.0. The predicted molar refractivity (Wildman–Crippen MR) is 104 cm³/mol. The van der Waals surface area contributed by atoms with Crippen LogP contribution in [0.1, 0.15) is 13.2 Å². The number of carbonyl (C=O) groups excluding carboxylic acids is 1. The summed E-state index contributed by atoms with van der Waals surface area (Å²) in [5.74, 6) is -1.10. The molecule has 2 aliphatic rings. The van der Waals surface area contributed by atoms with Crippen LogP contribution in [0.25, 0.3) is 0 Å². The first kappa shape index (κ1) is 27.9. The lowest BCUT2D eigenvalue weighted by Crippen LogP contribution is -2.54. The summed E-state index contributed by atoms with van der Waals surface area (Å²) in [5, 5.41) is 39.5. The molecule has 2 aliphatic heterocycles. The lowest BCUT2D eigenvalue weighted by Gasteiger charge is -2.38. The van der Waals surface area contributed by atoms with E-state index in [0.29, 0.717) is 0 Å². The van der Waals surface area contributed by atoms with Crippen LogP contribution in [0.15, 0.2) is 17.1 Å². The lowest BCUT2D eigenvalue weighted by atomic mass is 10.0. The Hall–Kier alpha value is -1.63. The summed E-state index contributed by atoms with van der Waals surface area (Å²) in [6.45, 7) is 0.0502. The van der Waals surface area contributed by atoms with Crippen molar-refractivity contribution >= 4 is 27.2 Å². The molecule has 0 saturated carbocycles. The number of hydrogen-bond acceptors (Lipinski definition) is 17. The minimum atomic E-state index is -5.83. The van der Waals surface area contributed by atoms with Gasteiger partial charge in [-0.05, 0) is 13.0 Å². The molecule has 0 radical (unpaired) electrons. The highest BCUT2D eigenvalue weighted by atomic mass is 31.3. The molecule has 18 nitrogen and oxygen atoms in total. The Kier molecular flexibility index (Phi) is 8.30. The smallest absolute Gasteiger partial charge is 0.351 e. The Morgan fingerprint density at radius 3 is 2.40 bits per heavy atom. The monoisotopic (exact) mass is 545 g/mol. The van der Waals surface area contributed by atoms with Gasteiger partial charge in [-0.15, -0.1) is 0 Å². The van der Waals surface area contributed by atoms with Gasteiger partial charge in [0.15, 0.2) is 18.3 Å². The Balaban J connectivity index is 1.61. The number of aliphatic hydroxyl groups is 4. The number of ether oxygens (including phenoxy) is 2. The van der Waals surface area contributed by atoms with Crippen LogP contribution in [-0.2, 0) is 36.8 Å². The number of aromatic nitrogens is 2. The van der Waals surface area contributed by atoms with E-state index >= 15 is 0 Å². The van der Waals surface area contributed by atoms with Crippen molar-refractivity contribution in [1.82, 2.24) is 9.55 Å². The number of Topliss-reactive ketones (excluding diaryl/α,β-unsaturated/α-hetero) is 1. The van der Waals surface area contributed by atoms with Gasteiger partial charge in [-0.1, -0.05) is 0 Å². The first-order chi connectivity index (χ1) is 16.1. The summed E-state index contributed by atoms with van der Waals surface area (Å²) < 4.78 is 47.3. The molecule has 0 aliphatic carbocycles. The van der Waals surface area contributed by atoms with Crippen LogP contribution in [0.5, 0.6) is 0 Å². The molecule has 35 heavy (non-hydrogen) atoms. The van der Waals surface area contributed by atoms with Gasteiger partial charge in [-0.25, -0.2) is 9.11 Å². The predicted octanol–water partition coefficient (Wildman–Crippen LogP) is -4.53. The molecule has 2 saturated heterocycles. The maximum atomic E-state index is 12.0. The first-order valence-corrected chi connectivity index (χ1v) is 12.6. The molecule has 2 unspecified atom stereocenters. The first-order valence-electron chi connectivity index (χ1n) is 9.70. The van der Waals surface area contributed by atoms with E-state index in [0.717, 1.165) is 17.7 Å². The van der Waals surface area contributed by atoms with Crippen LogP contribution in [0.3, 0.4) is 0 Å². The molecular weight excluding hydrogens is 524 g/mol. The van der Waals surface area contributed by atoms with E-state index in [9.17, 15) is 48.9 Å². The molecule has 2 fully saturated rings. The molecule has 198 valence electrons. The van der Waals surface area contributed by atoms with Gasteiger partial charge < -0.3 is 49.9 Å². The van der Waals surface area contributed by atoms with Crippen molar-refractivity contribution in [2.75, 3.05) is 12.3 Å². The summed E-state index contributed by atoms with van der Waals surface area (Å²) >= 11 is 0. The molecule has 0 bridgehead atoms. The quantitative estimate of drug-likeness (QED) is 0.192. The van der Waals surface area contributed by atoms with Crippen molar-refractivity contribution in [3.63, 3.8) is 0 Å². The summed E-state index contributed by atoms with van der Waals surface area (Å²) in [6.07, 6.45) is -13.3. The molecule has 10 atom stereocenters. The number of phosphoric acid groups is 2. The second-order valence-electron chi connectivity index (χ2n) is 7.45. The van der Waals surface area contributed by atoms with Crippen molar-refractivity contribution in [3.05, 3.63) is 22.7 Å². The van der Waals surface area contributed by atoms with Gasteiger partial charge in [0.25, 0.3) is 15.6 Å². The Morgan fingerprint density at radius 2 is 1.77 bits per heavy atom. The van der Waals surface area contributed by atoms with Crippen LogP contribution < -0.4 is 21.2 Å². The number of hydrogen-bond donors (Lipinski definition) is 5. The van der Waals surface area contributed by atoms with E-state index in [-0.39, 0.29) is 5.82 Å². The average Bonchev–Trinajstić information content (AvgIpc) is 3.02. The second kappa shape index (κ2) is 10.4. The zero-order valence-corrected chi connectivity index (χ0v) is 19.4. The number of nitrogens with zero attached hydrogens (tertiary/aromatic N) is 2. The van der Waals surface area contributed by atoms with Crippen LogP contribution in [0.2, 0.25) is 0 Å². The topological polar surface area (TPSA) is 285 Å². The zero-order chi connectivity index (χ0) is 26.3. The van der Waals surface area contributed by atoms with Crippen molar-refractivity contribution in [2.45, 2.75) is 56.1 Å². The van der Waals surface area contributed by atoms with Crippen molar-refractivity contribution in [2.24, 2.45) is 0 Å². The number of phosphoric ester groups is 2. The Labute approximate surface area is 195 Å². The summed E-state index contributed by atoms with van der Waals surface area (Å²) in [7, 11) is -11.6. The van der Waals surface area contributed by atoms with E-state index < -0.39 is 82.9 Å². The number of carbonyl (C=O) groups is 1. The van der Waals surface area contributed by atoms with Crippen molar-refractivity contribution < 1.29 is 67.0 Å². The van der Waals surface area contributed by atoms with Gasteiger partial charge >= 0.3 is 5.69 Å². The summed E-state index contributed by atoms with van der Waals surface area (Å²) in [5.41, 5.74) is 4.42. The second-order valence-corrected chi connectivity index (χ2v) is 10.4. The largest absolute Gasteiger partial charge is 0.756 e. The summed E-state index contributed by atoms with van der Waals surface area (Å²) in [4.78, 5) is 50.8. The Bertz CT molecular complexity index is 1100. The summed E-state index contributed by atoms with van der Waals surface area (Å²) in [6, 6.07) is 1.20. The standard InChI is InChI=1S/C15H23N3O15P2/c1-5-8(19)10(21)12(23)14(30-5)32-35(27,28)33-34(25,26)29-4-6-9(20)11(22)13(31-6)18-3-2-7(16)17-15(18)24/h2-3,5-6,9-14,20-23H,4H2,1H3,(H,25,26)(H,27,28)(H2,16,17,24)/p-2/t5-,6-,9-,10-,11-,12-,13-,14-/m1/s1.